The second kappa shape index (κ2) is 9.58. The number of ether oxygens (including phenoxy) is 1. The lowest BCUT2D eigenvalue weighted by Gasteiger charge is -2.20. The van der Waals surface area contributed by atoms with Crippen LogP contribution >= 0.6 is 24.0 Å². The largest absolute Gasteiger partial charge is 0.456 e. The molecular formula is C22H24N4O4S2. The van der Waals surface area contributed by atoms with Gasteiger partial charge in [0.2, 0.25) is 0 Å². The Morgan fingerprint density at radius 1 is 1.31 bits per heavy atom. The average molecular weight is 473 g/mol. The monoisotopic (exact) mass is 472 g/mol. The molecule has 1 aliphatic heterocycles. The molecule has 1 aromatic carbocycles. The Hall–Kier alpha value is -3.11. The molecule has 32 heavy (non-hydrogen) atoms. The Bertz CT molecular complexity index is 1090. The van der Waals surface area contributed by atoms with Crippen LogP contribution in [0.15, 0.2) is 45.7 Å². The van der Waals surface area contributed by atoms with Gasteiger partial charge in [-0.3, -0.25) is 20.4 Å². The quantitative estimate of drug-likeness (QED) is 0.263. The molecule has 2 heterocycles. The number of nitrogens with one attached hydrogen (secondary N) is 3. The number of rotatable bonds is 4. The molecule has 1 aliphatic rings. The fraction of sp³-hybridized carbons (Fsp3) is 0.273. The van der Waals surface area contributed by atoms with Crippen molar-refractivity contribution in [1.29, 1.82) is 5.41 Å². The number of guanidine groups is 1. The smallest absolute Gasteiger partial charge is 0.414 e. The maximum absolute atomic E-state index is 12.4. The van der Waals surface area contributed by atoms with E-state index in [1.807, 2.05) is 36.4 Å². The second-order valence-electron chi connectivity index (χ2n) is 7.96. The summed E-state index contributed by atoms with van der Waals surface area (Å²) in [6.45, 7) is 5.41. The van der Waals surface area contributed by atoms with Crippen molar-refractivity contribution in [1.82, 2.24) is 15.5 Å². The fourth-order valence-corrected chi connectivity index (χ4v) is 3.90. The summed E-state index contributed by atoms with van der Waals surface area (Å²) in [7, 11) is 1.63. The van der Waals surface area contributed by atoms with Gasteiger partial charge in [0.25, 0.3) is 5.91 Å². The van der Waals surface area contributed by atoms with Gasteiger partial charge in [0.05, 0.1) is 4.91 Å². The number of thiocarbonyl (C=S) groups is 1. The minimum atomic E-state index is -0.723. The van der Waals surface area contributed by atoms with E-state index in [-0.39, 0.29) is 18.4 Å². The summed E-state index contributed by atoms with van der Waals surface area (Å²) < 4.78 is 11.7. The zero-order valence-corrected chi connectivity index (χ0v) is 19.8. The first-order valence-corrected chi connectivity index (χ1v) is 11.0. The summed E-state index contributed by atoms with van der Waals surface area (Å²) >= 11 is 6.40. The Balaban J connectivity index is 1.80. The molecule has 1 aromatic heterocycles. The number of carbonyl (C=O) groups excluding carboxylic acids is 2. The number of likely N-dealkylation sites (N-methyl/N-ethyl adjacent to an activating group) is 1. The third-order valence-electron chi connectivity index (χ3n) is 4.23. The van der Waals surface area contributed by atoms with Gasteiger partial charge < -0.3 is 14.5 Å². The molecule has 0 unspecified atom stereocenters. The van der Waals surface area contributed by atoms with Crippen LogP contribution in [0.1, 0.15) is 32.1 Å². The first-order valence-electron chi connectivity index (χ1n) is 9.75. The molecule has 1 fully saturated rings. The second-order valence-corrected chi connectivity index (χ2v) is 9.64. The van der Waals surface area contributed by atoms with E-state index in [0.717, 1.165) is 5.56 Å². The van der Waals surface area contributed by atoms with Crippen LogP contribution in [0.2, 0.25) is 0 Å². The summed E-state index contributed by atoms with van der Waals surface area (Å²) in [6.07, 6.45) is 0.927. The van der Waals surface area contributed by atoms with Crippen LogP contribution < -0.4 is 10.6 Å². The highest BCUT2D eigenvalue weighted by Crippen LogP contribution is 2.34. The predicted molar refractivity (Wildman–Crippen MR) is 129 cm³/mol. The Morgan fingerprint density at radius 3 is 2.59 bits per heavy atom. The van der Waals surface area contributed by atoms with Crippen LogP contribution in [0.4, 0.5) is 4.79 Å². The van der Waals surface area contributed by atoms with Crippen LogP contribution in [0.5, 0.6) is 0 Å². The number of furan rings is 1. The highest BCUT2D eigenvalue weighted by atomic mass is 32.2. The highest BCUT2D eigenvalue weighted by molar-refractivity contribution is 8.26. The van der Waals surface area contributed by atoms with Crippen molar-refractivity contribution in [3.63, 3.8) is 0 Å². The van der Waals surface area contributed by atoms with Crippen LogP contribution in [-0.4, -0.2) is 39.8 Å². The molecular weight excluding hydrogens is 448 g/mol. The molecule has 1 saturated heterocycles. The number of amides is 2. The molecule has 3 N–H and O–H groups in total. The number of nitrogens with zero attached hydrogens (tertiary/aromatic N) is 1. The molecule has 168 valence electrons. The van der Waals surface area contributed by atoms with E-state index < -0.39 is 11.7 Å². The van der Waals surface area contributed by atoms with Gasteiger partial charge >= 0.3 is 6.09 Å². The normalized spacial score (nSPS) is 15.2. The Kier molecular flexibility index (Phi) is 7.05. The molecule has 2 amide bonds. The maximum atomic E-state index is 12.4. The number of hydrogen-bond acceptors (Lipinski definition) is 7. The topological polar surface area (TPSA) is 108 Å². The zero-order chi connectivity index (χ0) is 23.5. The lowest BCUT2D eigenvalue weighted by molar-refractivity contribution is -0.121. The number of carbonyl (C=O) groups is 2. The van der Waals surface area contributed by atoms with Crippen LogP contribution in [0.3, 0.4) is 0 Å². The SMILES string of the molecule is CN1C(=O)/C(=C/c2oc(-c3ccccc3)cc2CNC(=N)NC(=O)OC(C)(C)C)SC1=S. The van der Waals surface area contributed by atoms with Gasteiger partial charge in [0.15, 0.2) is 5.96 Å². The van der Waals surface area contributed by atoms with Crippen molar-refractivity contribution >= 4 is 52.3 Å². The first-order chi connectivity index (χ1) is 15.0. The third-order valence-corrected chi connectivity index (χ3v) is 5.72. The molecule has 0 radical (unpaired) electrons. The van der Waals surface area contributed by atoms with Gasteiger partial charge in [-0.1, -0.05) is 54.3 Å². The number of hydrogen-bond donors (Lipinski definition) is 3. The Labute approximate surface area is 195 Å². The van der Waals surface area contributed by atoms with E-state index >= 15 is 0 Å². The van der Waals surface area contributed by atoms with Crippen molar-refractivity contribution in [2.75, 3.05) is 7.05 Å². The molecule has 3 rings (SSSR count). The van der Waals surface area contributed by atoms with Crippen molar-refractivity contribution in [2.24, 2.45) is 0 Å². The molecule has 0 aliphatic carbocycles. The summed E-state index contributed by atoms with van der Waals surface area (Å²) in [6, 6.07) is 11.4. The molecule has 2 aromatic rings. The van der Waals surface area contributed by atoms with Crippen LogP contribution in [0.25, 0.3) is 17.4 Å². The summed E-state index contributed by atoms with van der Waals surface area (Å²) in [5, 5.41) is 13.1. The van der Waals surface area contributed by atoms with Crippen LogP contribution in [-0.2, 0) is 16.1 Å². The molecule has 10 heteroatoms. The minimum absolute atomic E-state index is 0.184. The zero-order valence-electron chi connectivity index (χ0n) is 18.1. The van der Waals surface area contributed by atoms with Gasteiger partial charge in [0, 0.05) is 30.8 Å². The number of benzene rings is 1. The molecule has 0 atom stereocenters. The number of alkyl carbamates (subject to hydrolysis) is 1. The first kappa shape index (κ1) is 23.6. The maximum Gasteiger partial charge on any atom is 0.414 e. The highest BCUT2D eigenvalue weighted by Gasteiger charge is 2.29. The van der Waals surface area contributed by atoms with Gasteiger partial charge in [-0.2, -0.15) is 0 Å². The molecule has 0 spiro atoms. The van der Waals surface area contributed by atoms with E-state index in [9.17, 15) is 9.59 Å². The summed E-state index contributed by atoms with van der Waals surface area (Å²) in [5.74, 6) is 0.672. The van der Waals surface area contributed by atoms with Crippen molar-refractivity contribution < 1.29 is 18.7 Å². The van der Waals surface area contributed by atoms with Gasteiger partial charge in [-0.05, 0) is 26.8 Å². The molecule has 0 saturated carbocycles. The molecule has 0 bridgehead atoms. The van der Waals surface area contributed by atoms with Crippen molar-refractivity contribution in [3.05, 3.63) is 52.6 Å². The van der Waals surface area contributed by atoms with Gasteiger partial charge in [-0.15, -0.1) is 0 Å². The fourth-order valence-electron chi connectivity index (χ4n) is 2.75. The number of thioether (sulfide) groups is 1. The lowest BCUT2D eigenvalue weighted by Crippen LogP contribution is -2.42. The Morgan fingerprint density at radius 2 is 2.00 bits per heavy atom. The minimum Gasteiger partial charge on any atom is -0.456 e. The van der Waals surface area contributed by atoms with Gasteiger partial charge in [-0.25, -0.2) is 4.79 Å². The standard InChI is InChI=1S/C22H24N4O4S2/c1-22(2,3)30-20(28)25-19(23)24-12-14-10-15(13-8-6-5-7-9-13)29-16(14)11-17-18(27)26(4)21(31)32-17/h5-11H,12H2,1-4H3,(H3,23,24,25,28)/b17-11-. The third kappa shape index (κ3) is 5.98. The van der Waals surface area contributed by atoms with Crippen molar-refractivity contribution in [2.45, 2.75) is 32.9 Å². The van der Waals surface area contributed by atoms with Gasteiger partial charge in [0.1, 0.15) is 21.4 Å². The van der Waals surface area contributed by atoms with Crippen LogP contribution in [0, 0.1) is 5.41 Å². The summed E-state index contributed by atoms with van der Waals surface area (Å²) in [4.78, 5) is 26.1. The molecule has 8 nitrogen and oxygen atoms in total. The van der Waals surface area contributed by atoms with E-state index in [4.69, 9.17) is 26.8 Å². The summed E-state index contributed by atoms with van der Waals surface area (Å²) in [5.41, 5.74) is 0.914. The van der Waals surface area contributed by atoms with E-state index in [1.54, 1.807) is 33.9 Å². The van der Waals surface area contributed by atoms with E-state index in [0.29, 0.717) is 26.3 Å². The average Bonchev–Trinajstić information content (AvgIpc) is 3.22. The lowest BCUT2D eigenvalue weighted by atomic mass is 10.1. The van der Waals surface area contributed by atoms with Crippen molar-refractivity contribution in [3.8, 4) is 11.3 Å². The van der Waals surface area contributed by atoms with E-state index in [2.05, 4.69) is 10.6 Å². The predicted octanol–water partition coefficient (Wildman–Crippen LogP) is 4.33. The van der Waals surface area contributed by atoms with E-state index in [1.165, 1.54) is 16.7 Å².